The minimum absolute atomic E-state index is 0.372. The minimum Gasteiger partial charge on any atom is -0.0847 e. The molecule has 0 heteroatoms. The first kappa shape index (κ1) is 15.3. The molecule has 0 nitrogen and oxygen atoms in total. The molecule has 1 unspecified atom stereocenters. The maximum absolute atomic E-state index is 2.37. The first-order valence-electron chi connectivity index (χ1n) is 7.82. The van der Waals surface area contributed by atoms with E-state index in [1.807, 2.05) is 0 Å². The summed E-state index contributed by atoms with van der Waals surface area (Å²) >= 11 is 0. The van der Waals surface area contributed by atoms with E-state index in [1.165, 1.54) is 16.7 Å². The first-order chi connectivity index (χ1) is 10.3. The third-order valence-corrected chi connectivity index (χ3v) is 3.71. The smallest absolute Gasteiger partial charge is 0.0231 e. The monoisotopic (exact) mass is 276 g/mol. The summed E-state index contributed by atoms with van der Waals surface area (Å²) in [6.45, 7) is 4.45. The molecule has 0 aromatic heterocycles. The molecule has 2 aromatic carbocycles. The van der Waals surface area contributed by atoms with Crippen LogP contribution in [0.4, 0.5) is 0 Å². The van der Waals surface area contributed by atoms with Gasteiger partial charge in [-0.05, 0) is 24.0 Å². The van der Waals surface area contributed by atoms with Gasteiger partial charge in [0.1, 0.15) is 0 Å². The predicted molar refractivity (Wildman–Crippen MR) is 93.3 cm³/mol. The van der Waals surface area contributed by atoms with E-state index in [9.17, 15) is 0 Å². The lowest BCUT2D eigenvalue weighted by atomic mass is 9.88. The van der Waals surface area contributed by atoms with Crippen molar-refractivity contribution < 1.29 is 0 Å². The van der Waals surface area contributed by atoms with Crippen LogP contribution in [0.1, 0.15) is 43.7 Å². The van der Waals surface area contributed by atoms with E-state index in [1.54, 1.807) is 0 Å². The Balaban J connectivity index is 2.32. The highest BCUT2D eigenvalue weighted by Crippen LogP contribution is 2.29. The summed E-state index contributed by atoms with van der Waals surface area (Å²) < 4.78 is 0. The van der Waals surface area contributed by atoms with Crippen molar-refractivity contribution in [1.82, 2.24) is 0 Å². The van der Waals surface area contributed by atoms with Crippen molar-refractivity contribution in [1.29, 1.82) is 0 Å². The summed E-state index contributed by atoms with van der Waals surface area (Å²) in [7, 11) is 0. The third-order valence-electron chi connectivity index (χ3n) is 3.71. The number of rotatable bonds is 6. The lowest BCUT2D eigenvalue weighted by molar-refractivity contribution is 0.896. The zero-order chi connectivity index (χ0) is 14.9. The third kappa shape index (κ3) is 4.46. The van der Waals surface area contributed by atoms with Crippen molar-refractivity contribution in [3.63, 3.8) is 0 Å². The summed E-state index contributed by atoms with van der Waals surface area (Å²) in [5, 5.41) is 0. The summed E-state index contributed by atoms with van der Waals surface area (Å²) in [5.74, 6) is 0.372. The highest BCUT2D eigenvalue weighted by molar-refractivity contribution is 5.52. The SMILES string of the molecule is CC/C=C(\CC)C(/C=C/c1ccccc1)c1ccccc1. The molecular formula is C21H24. The molecule has 0 aliphatic carbocycles. The second-order valence-corrected chi connectivity index (χ2v) is 5.20. The van der Waals surface area contributed by atoms with E-state index < -0.39 is 0 Å². The van der Waals surface area contributed by atoms with Crippen LogP contribution in [0.5, 0.6) is 0 Å². The van der Waals surface area contributed by atoms with E-state index in [-0.39, 0.29) is 0 Å². The van der Waals surface area contributed by atoms with Gasteiger partial charge in [0.2, 0.25) is 0 Å². The summed E-state index contributed by atoms with van der Waals surface area (Å²) in [4.78, 5) is 0. The van der Waals surface area contributed by atoms with Gasteiger partial charge in [-0.15, -0.1) is 0 Å². The molecule has 0 spiro atoms. The van der Waals surface area contributed by atoms with Crippen LogP contribution in [0, 0.1) is 0 Å². The lowest BCUT2D eigenvalue weighted by Crippen LogP contribution is -1.99. The molecular weight excluding hydrogens is 252 g/mol. The molecule has 0 heterocycles. The second-order valence-electron chi connectivity index (χ2n) is 5.20. The van der Waals surface area contributed by atoms with Crippen molar-refractivity contribution in [3.05, 3.63) is 89.5 Å². The molecule has 0 radical (unpaired) electrons. The summed E-state index contributed by atoms with van der Waals surface area (Å²) in [6.07, 6.45) is 9.11. The fraction of sp³-hybridized carbons (Fsp3) is 0.238. The van der Waals surface area contributed by atoms with Gasteiger partial charge < -0.3 is 0 Å². The Bertz CT molecular complexity index is 576. The van der Waals surface area contributed by atoms with Crippen LogP contribution in [0.2, 0.25) is 0 Å². The number of hydrogen-bond donors (Lipinski definition) is 0. The van der Waals surface area contributed by atoms with Crippen LogP contribution in [0.15, 0.2) is 78.4 Å². The molecule has 2 rings (SSSR count). The Labute approximate surface area is 128 Å². The molecule has 0 N–H and O–H groups in total. The Morgan fingerprint density at radius 3 is 2.10 bits per heavy atom. The molecule has 0 aliphatic heterocycles. The van der Waals surface area contributed by atoms with Crippen molar-refractivity contribution in [2.45, 2.75) is 32.6 Å². The van der Waals surface area contributed by atoms with E-state index >= 15 is 0 Å². The molecule has 0 fully saturated rings. The van der Waals surface area contributed by atoms with Crippen LogP contribution in [-0.2, 0) is 0 Å². The van der Waals surface area contributed by atoms with Crippen molar-refractivity contribution in [2.24, 2.45) is 0 Å². The molecule has 1 atom stereocenters. The van der Waals surface area contributed by atoms with Gasteiger partial charge in [-0.1, -0.05) is 98.3 Å². The Morgan fingerprint density at radius 1 is 0.905 bits per heavy atom. The van der Waals surface area contributed by atoms with Gasteiger partial charge in [-0.2, -0.15) is 0 Å². The Kier molecular flexibility index (Phi) is 6.02. The topological polar surface area (TPSA) is 0 Å². The maximum atomic E-state index is 2.37. The van der Waals surface area contributed by atoms with E-state index in [0.29, 0.717) is 5.92 Å². The zero-order valence-electron chi connectivity index (χ0n) is 13.0. The normalized spacial score (nSPS) is 13.5. The Hall–Kier alpha value is -2.08. The van der Waals surface area contributed by atoms with Crippen molar-refractivity contribution in [2.75, 3.05) is 0 Å². The molecule has 2 aromatic rings. The van der Waals surface area contributed by atoms with Crippen LogP contribution < -0.4 is 0 Å². The maximum Gasteiger partial charge on any atom is 0.0231 e. The lowest BCUT2D eigenvalue weighted by Gasteiger charge is -2.17. The molecule has 108 valence electrons. The molecule has 0 saturated heterocycles. The van der Waals surface area contributed by atoms with Gasteiger partial charge in [-0.3, -0.25) is 0 Å². The fourth-order valence-corrected chi connectivity index (χ4v) is 2.63. The van der Waals surface area contributed by atoms with Crippen LogP contribution in [0.25, 0.3) is 6.08 Å². The number of hydrogen-bond acceptors (Lipinski definition) is 0. The van der Waals surface area contributed by atoms with Gasteiger partial charge >= 0.3 is 0 Å². The second kappa shape index (κ2) is 8.26. The number of allylic oxidation sites excluding steroid dienone is 3. The largest absolute Gasteiger partial charge is 0.0847 e. The zero-order valence-corrected chi connectivity index (χ0v) is 13.0. The minimum atomic E-state index is 0.372. The quantitative estimate of drug-likeness (QED) is 0.549. The van der Waals surface area contributed by atoms with Gasteiger partial charge in [0.25, 0.3) is 0 Å². The average molecular weight is 276 g/mol. The molecule has 0 saturated carbocycles. The van der Waals surface area contributed by atoms with Gasteiger partial charge in [-0.25, -0.2) is 0 Å². The van der Waals surface area contributed by atoms with Crippen LogP contribution >= 0.6 is 0 Å². The molecule has 0 aliphatic rings. The van der Waals surface area contributed by atoms with Gasteiger partial charge in [0, 0.05) is 5.92 Å². The summed E-state index contributed by atoms with van der Waals surface area (Å²) in [6, 6.07) is 21.3. The highest BCUT2D eigenvalue weighted by Gasteiger charge is 2.11. The van der Waals surface area contributed by atoms with Crippen molar-refractivity contribution in [3.8, 4) is 0 Å². The summed E-state index contributed by atoms with van der Waals surface area (Å²) in [5.41, 5.74) is 4.12. The van der Waals surface area contributed by atoms with Crippen molar-refractivity contribution >= 4 is 6.08 Å². The average Bonchev–Trinajstić information content (AvgIpc) is 2.56. The highest BCUT2D eigenvalue weighted by atomic mass is 14.2. The number of benzene rings is 2. The van der Waals surface area contributed by atoms with E-state index in [2.05, 4.69) is 92.7 Å². The molecule has 21 heavy (non-hydrogen) atoms. The van der Waals surface area contributed by atoms with E-state index in [4.69, 9.17) is 0 Å². The molecule has 0 amide bonds. The predicted octanol–water partition coefficient (Wildman–Crippen LogP) is 6.23. The molecule has 0 bridgehead atoms. The standard InChI is InChI=1S/C21H24/c1-3-11-19(4-2)21(20-14-9-6-10-15-20)17-16-18-12-7-5-8-13-18/h5-17,21H,3-4H2,1-2H3/b17-16+,19-11+. The van der Waals surface area contributed by atoms with Gasteiger partial charge in [0.15, 0.2) is 0 Å². The van der Waals surface area contributed by atoms with Crippen LogP contribution in [-0.4, -0.2) is 0 Å². The van der Waals surface area contributed by atoms with Gasteiger partial charge in [0.05, 0.1) is 0 Å². The van der Waals surface area contributed by atoms with Crippen LogP contribution in [0.3, 0.4) is 0 Å². The first-order valence-corrected chi connectivity index (χ1v) is 7.82. The Morgan fingerprint density at radius 2 is 1.52 bits per heavy atom. The fourth-order valence-electron chi connectivity index (χ4n) is 2.63. The van der Waals surface area contributed by atoms with E-state index in [0.717, 1.165) is 12.8 Å².